The van der Waals surface area contributed by atoms with Crippen molar-refractivity contribution < 1.29 is 0 Å². The van der Waals surface area contributed by atoms with Crippen LogP contribution in [0.3, 0.4) is 0 Å². The fraction of sp³-hybridized carbons (Fsp3) is 0.333. The number of benzene rings is 1. The Hall–Kier alpha value is -0.590. The summed E-state index contributed by atoms with van der Waals surface area (Å²) < 4.78 is 2.04. The molecule has 21 heavy (non-hydrogen) atoms. The molecule has 0 fully saturated rings. The van der Waals surface area contributed by atoms with E-state index < -0.39 is 0 Å². The summed E-state index contributed by atoms with van der Waals surface area (Å²) in [5, 5.41) is 3.34. The van der Waals surface area contributed by atoms with Gasteiger partial charge in [0, 0.05) is 15.9 Å². The third-order valence-corrected chi connectivity index (χ3v) is 5.27. The molecule has 1 aromatic heterocycles. The molecule has 0 saturated carbocycles. The second-order valence-electron chi connectivity index (χ2n) is 4.56. The summed E-state index contributed by atoms with van der Waals surface area (Å²) in [6.07, 6.45) is 1.07. The van der Waals surface area contributed by atoms with Gasteiger partial charge >= 0.3 is 0 Å². The minimum atomic E-state index is 0.760. The van der Waals surface area contributed by atoms with Crippen molar-refractivity contribution in [3.8, 4) is 0 Å². The van der Waals surface area contributed by atoms with Crippen molar-refractivity contribution in [2.75, 3.05) is 11.9 Å². The molecule has 0 unspecified atom stereocenters. The van der Waals surface area contributed by atoms with Crippen LogP contribution in [0.1, 0.15) is 24.9 Å². The SMILES string of the molecule is CCCNc1nc(CSc2ccc(Br)cc2)nc(C)c1Br. The van der Waals surface area contributed by atoms with Gasteiger partial charge in [-0.3, -0.25) is 0 Å². The molecule has 0 radical (unpaired) electrons. The fourth-order valence-electron chi connectivity index (χ4n) is 1.72. The second kappa shape index (κ2) is 8.15. The number of nitrogens with zero attached hydrogens (tertiary/aromatic N) is 2. The predicted molar refractivity (Wildman–Crippen MR) is 97.0 cm³/mol. The normalized spacial score (nSPS) is 10.7. The molecule has 6 heteroatoms. The first-order valence-electron chi connectivity index (χ1n) is 6.75. The van der Waals surface area contributed by atoms with E-state index in [9.17, 15) is 0 Å². The van der Waals surface area contributed by atoms with Gasteiger partial charge in [-0.2, -0.15) is 0 Å². The Labute approximate surface area is 146 Å². The molecule has 0 aliphatic heterocycles. The smallest absolute Gasteiger partial charge is 0.144 e. The van der Waals surface area contributed by atoms with Crippen molar-refractivity contribution in [3.05, 3.63) is 44.7 Å². The lowest BCUT2D eigenvalue weighted by Crippen LogP contribution is -2.07. The minimum Gasteiger partial charge on any atom is -0.369 e. The van der Waals surface area contributed by atoms with E-state index in [1.807, 2.05) is 19.1 Å². The summed E-state index contributed by atoms with van der Waals surface area (Å²) in [6.45, 7) is 5.05. The van der Waals surface area contributed by atoms with Crippen LogP contribution in [0.4, 0.5) is 5.82 Å². The average molecular weight is 431 g/mol. The molecule has 0 bridgehead atoms. The highest BCUT2D eigenvalue weighted by Gasteiger charge is 2.09. The van der Waals surface area contributed by atoms with Gasteiger partial charge in [-0.05, 0) is 53.5 Å². The third kappa shape index (κ3) is 4.97. The van der Waals surface area contributed by atoms with E-state index in [-0.39, 0.29) is 0 Å². The molecule has 1 aromatic carbocycles. The van der Waals surface area contributed by atoms with Crippen LogP contribution in [0.2, 0.25) is 0 Å². The van der Waals surface area contributed by atoms with Crippen molar-refractivity contribution in [2.45, 2.75) is 30.9 Å². The van der Waals surface area contributed by atoms with E-state index in [0.717, 1.165) is 45.0 Å². The second-order valence-corrected chi connectivity index (χ2v) is 7.31. The topological polar surface area (TPSA) is 37.8 Å². The van der Waals surface area contributed by atoms with Crippen LogP contribution in [0, 0.1) is 6.92 Å². The molecule has 0 aliphatic carbocycles. The Morgan fingerprint density at radius 3 is 2.52 bits per heavy atom. The highest BCUT2D eigenvalue weighted by molar-refractivity contribution is 9.11. The first-order chi connectivity index (χ1) is 10.1. The number of hydrogen-bond acceptors (Lipinski definition) is 4. The number of hydrogen-bond donors (Lipinski definition) is 1. The zero-order valence-electron chi connectivity index (χ0n) is 12.0. The molecule has 0 amide bonds. The summed E-state index contributed by atoms with van der Waals surface area (Å²) in [6, 6.07) is 8.28. The van der Waals surface area contributed by atoms with Gasteiger partial charge in [0.05, 0.1) is 15.9 Å². The van der Waals surface area contributed by atoms with Crippen molar-refractivity contribution in [1.82, 2.24) is 9.97 Å². The first-order valence-corrected chi connectivity index (χ1v) is 9.32. The molecule has 112 valence electrons. The zero-order valence-corrected chi connectivity index (χ0v) is 16.0. The van der Waals surface area contributed by atoms with Crippen LogP contribution in [-0.2, 0) is 5.75 Å². The average Bonchev–Trinajstić information content (AvgIpc) is 2.48. The van der Waals surface area contributed by atoms with Crippen molar-refractivity contribution in [1.29, 1.82) is 0 Å². The van der Waals surface area contributed by atoms with Gasteiger partial charge in [0.15, 0.2) is 0 Å². The highest BCUT2D eigenvalue weighted by Crippen LogP contribution is 2.27. The molecular weight excluding hydrogens is 414 g/mol. The van der Waals surface area contributed by atoms with Crippen LogP contribution in [0.5, 0.6) is 0 Å². The lowest BCUT2D eigenvalue weighted by molar-refractivity contribution is 0.934. The summed E-state index contributed by atoms with van der Waals surface area (Å²) in [4.78, 5) is 10.4. The van der Waals surface area contributed by atoms with E-state index in [1.165, 1.54) is 4.90 Å². The Kier molecular flexibility index (Phi) is 6.51. The van der Waals surface area contributed by atoms with Gasteiger partial charge in [0.2, 0.25) is 0 Å². The van der Waals surface area contributed by atoms with Crippen molar-refractivity contribution >= 4 is 49.4 Å². The largest absolute Gasteiger partial charge is 0.369 e. The lowest BCUT2D eigenvalue weighted by atomic mass is 10.4. The lowest BCUT2D eigenvalue weighted by Gasteiger charge is -2.10. The van der Waals surface area contributed by atoms with Crippen molar-refractivity contribution in [2.24, 2.45) is 0 Å². The summed E-state index contributed by atoms with van der Waals surface area (Å²) >= 11 is 8.73. The van der Waals surface area contributed by atoms with Crippen LogP contribution < -0.4 is 5.32 Å². The summed E-state index contributed by atoms with van der Waals surface area (Å²) in [5.74, 6) is 2.49. The Balaban J connectivity index is 2.08. The maximum Gasteiger partial charge on any atom is 0.144 e. The van der Waals surface area contributed by atoms with E-state index in [4.69, 9.17) is 0 Å². The maximum absolute atomic E-state index is 4.60. The molecule has 0 atom stereocenters. The molecule has 2 aromatic rings. The monoisotopic (exact) mass is 429 g/mol. The number of nitrogens with one attached hydrogen (secondary N) is 1. The zero-order chi connectivity index (χ0) is 15.2. The van der Waals surface area contributed by atoms with E-state index in [2.05, 4.69) is 66.2 Å². The number of halogens is 2. The standard InChI is InChI=1S/C15H17Br2N3S/c1-3-8-18-15-14(17)10(2)19-13(20-15)9-21-12-6-4-11(16)5-7-12/h4-7H,3,8-9H2,1-2H3,(H,18,19,20). The molecule has 0 spiro atoms. The highest BCUT2D eigenvalue weighted by atomic mass is 79.9. The summed E-state index contributed by atoms with van der Waals surface area (Å²) in [5.41, 5.74) is 0.968. The van der Waals surface area contributed by atoms with Gasteiger partial charge in [-0.25, -0.2) is 9.97 Å². The van der Waals surface area contributed by atoms with Crippen LogP contribution >= 0.6 is 43.6 Å². The van der Waals surface area contributed by atoms with E-state index >= 15 is 0 Å². The van der Waals surface area contributed by atoms with Gasteiger partial charge in [0.25, 0.3) is 0 Å². The van der Waals surface area contributed by atoms with Gasteiger partial charge < -0.3 is 5.32 Å². The number of anilines is 1. The van der Waals surface area contributed by atoms with Crippen LogP contribution in [0.15, 0.2) is 38.1 Å². The van der Waals surface area contributed by atoms with Gasteiger partial charge in [-0.1, -0.05) is 22.9 Å². The molecule has 0 aliphatic rings. The third-order valence-electron chi connectivity index (χ3n) is 2.79. The van der Waals surface area contributed by atoms with Crippen LogP contribution in [0.25, 0.3) is 0 Å². The number of rotatable bonds is 6. The number of thioether (sulfide) groups is 1. The Morgan fingerprint density at radius 1 is 1.14 bits per heavy atom. The molecule has 3 nitrogen and oxygen atoms in total. The van der Waals surface area contributed by atoms with E-state index in [0.29, 0.717) is 0 Å². The molecule has 1 N–H and O–H groups in total. The molecule has 2 rings (SSSR count). The first kappa shape index (κ1) is 16.8. The van der Waals surface area contributed by atoms with Gasteiger partial charge in [-0.15, -0.1) is 11.8 Å². The molecular formula is C15H17Br2N3S. The predicted octanol–water partition coefficient (Wildman–Crippen LogP) is 5.42. The molecule has 1 heterocycles. The maximum atomic E-state index is 4.60. The number of aromatic nitrogens is 2. The van der Waals surface area contributed by atoms with Crippen molar-refractivity contribution in [3.63, 3.8) is 0 Å². The van der Waals surface area contributed by atoms with Crippen LogP contribution in [-0.4, -0.2) is 16.5 Å². The molecule has 0 saturated heterocycles. The number of aryl methyl sites for hydroxylation is 1. The quantitative estimate of drug-likeness (QED) is 0.620. The Bertz CT molecular complexity index is 603. The minimum absolute atomic E-state index is 0.760. The van der Waals surface area contributed by atoms with E-state index in [1.54, 1.807) is 11.8 Å². The fourth-order valence-corrected chi connectivity index (χ4v) is 3.06. The summed E-state index contributed by atoms with van der Waals surface area (Å²) in [7, 11) is 0. The Morgan fingerprint density at radius 2 is 1.86 bits per heavy atom. The van der Waals surface area contributed by atoms with Gasteiger partial charge in [0.1, 0.15) is 11.6 Å².